The topological polar surface area (TPSA) is 23.5 Å². The molecule has 0 aromatic heterocycles. The number of hydrogen-bond acceptors (Lipinski definition) is 2. The Morgan fingerprint density at radius 2 is 1.87 bits per heavy atom. The molecule has 0 saturated carbocycles. The highest BCUT2D eigenvalue weighted by molar-refractivity contribution is 4.85. The second kappa shape index (κ2) is 4.84. The van der Waals surface area contributed by atoms with Gasteiger partial charge in [-0.2, -0.15) is 0 Å². The molecule has 0 aromatic carbocycles. The van der Waals surface area contributed by atoms with Crippen molar-refractivity contribution in [2.45, 2.75) is 59.6 Å². The van der Waals surface area contributed by atoms with Crippen LogP contribution >= 0.6 is 0 Å². The summed E-state index contributed by atoms with van der Waals surface area (Å²) in [5, 5.41) is 10.3. The van der Waals surface area contributed by atoms with Crippen molar-refractivity contribution in [3.05, 3.63) is 0 Å². The summed E-state index contributed by atoms with van der Waals surface area (Å²) in [7, 11) is 0. The minimum atomic E-state index is -0.168. The van der Waals surface area contributed by atoms with Gasteiger partial charge >= 0.3 is 0 Å². The SMILES string of the molecule is CC(C)N1CCCC(C(O)C(C)(C)C)C1. The highest BCUT2D eigenvalue weighted by Gasteiger charge is 2.33. The van der Waals surface area contributed by atoms with Crippen LogP contribution in [0.3, 0.4) is 0 Å². The molecule has 1 N–H and O–H groups in total. The Bertz CT molecular complexity index is 195. The summed E-state index contributed by atoms with van der Waals surface area (Å²) in [5.74, 6) is 0.459. The molecular weight excluding hydrogens is 186 g/mol. The molecule has 1 aliphatic rings. The van der Waals surface area contributed by atoms with Gasteiger partial charge in [-0.25, -0.2) is 0 Å². The zero-order chi connectivity index (χ0) is 11.6. The first kappa shape index (κ1) is 13.0. The third-order valence-corrected chi connectivity index (χ3v) is 3.55. The van der Waals surface area contributed by atoms with Crippen molar-refractivity contribution in [3.8, 4) is 0 Å². The summed E-state index contributed by atoms with van der Waals surface area (Å²) in [6, 6.07) is 0.611. The fourth-order valence-corrected chi connectivity index (χ4v) is 2.47. The van der Waals surface area contributed by atoms with E-state index in [1.807, 2.05) is 0 Å². The fraction of sp³-hybridized carbons (Fsp3) is 1.00. The molecule has 2 heteroatoms. The predicted octanol–water partition coefficient (Wildman–Crippen LogP) is 2.51. The van der Waals surface area contributed by atoms with Crippen LogP contribution in [0.25, 0.3) is 0 Å². The number of likely N-dealkylation sites (tertiary alicyclic amines) is 1. The average molecular weight is 213 g/mol. The lowest BCUT2D eigenvalue weighted by Crippen LogP contribution is -2.46. The molecule has 90 valence electrons. The van der Waals surface area contributed by atoms with Gasteiger partial charge in [0, 0.05) is 12.6 Å². The van der Waals surface area contributed by atoms with Crippen LogP contribution < -0.4 is 0 Å². The van der Waals surface area contributed by atoms with Crippen LogP contribution in [0.2, 0.25) is 0 Å². The summed E-state index contributed by atoms with van der Waals surface area (Å²) in [6.07, 6.45) is 2.25. The van der Waals surface area contributed by atoms with E-state index < -0.39 is 0 Å². The third kappa shape index (κ3) is 3.46. The minimum Gasteiger partial charge on any atom is -0.392 e. The maximum Gasteiger partial charge on any atom is 0.0628 e. The van der Waals surface area contributed by atoms with Crippen LogP contribution in [0.1, 0.15) is 47.5 Å². The van der Waals surface area contributed by atoms with Gasteiger partial charge in [-0.05, 0) is 44.6 Å². The molecule has 1 fully saturated rings. The van der Waals surface area contributed by atoms with Gasteiger partial charge in [0.15, 0.2) is 0 Å². The van der Waals surface area contributed by atoms with E-state index in [1.54, 1.807) is 0 Å². The zero-order valence-corrected chi connectivity index (χ0v) is 11.0. The van der Waals surface area contributed by atoms with Crippen molar-refractivity contribution in [2.24, 2.45) is 11.3 Å². The Balaban J connectivity index is 2.56. The van der Waals surface area contributed by atoms with Gasteiger partial charge in [0.1, 0.15) is 0 Å². The van der Waals surface area contributed by atoms with Crippen LogP contribution in [0.5, 0.6) is 0 Å². The summed E-state index contributed by atoms with van der Waals surface area (Å²) in [4.78, 5) is 2.49. The van der Waals surface area contributed by atoms with Gasteiger partial charge in [0.25, 0.3) is 0 Å². The fourth-order valence-electron chi connectivity index (χ4n) is 2.47. The second-order valence-corrected chi connectivity index (χ2v) is 6.30. The minimum absolute atomic E-state index is 0.0185. The van der Waals surface area contributed by atoms with E-state index in [9.17, 15) is 5.11 Å². The first-order chi connectivity index (χ1) is 6.82. The number of hydrogen-bond donors (Lipinski definition) is 1. The highest BCUT2D eigenvalue weighted by Crippen LogP contribution is 2.31. The molecule has 1 aliphatic heterocycles. The molecule has 1 rings (SSSR count). The first-order valence-electron chi connectivity index (χ1n) is 6.24. The molecule has 0 amide bonds. The molecule has 0 aliphatic carbocycles. The average Bonchev–Trinajstić information content (AvgIpc) is 2.15. The van der Waals surface area contributed by atoms with Gasteiger partial charge in [0.05, 0.1) is 6.10 Å². The Morgan fingerprint density at radius 3 is 2.33 bits per heavy atom. The number of nitrogens with zero attached hydrogens (tertiary/aromatic N) is 1. The Hall–Kier alpha value is -0.0800. The van der Waals surface area contributed by atoms with Gasteiger partial charge < -0.3 is 10.0 Å². The Labute approximate surface area is 94.7 Å². The van der Waals surface area contributed by atoms with Crippen LogP contribution in [0, 0.1) is 11.3 Å². The monoisotopic (exact) mass is 213 g/mol. The van der Waals surface area contributed by atoms with E-state index in [0.29, 0.717) is 12.0 Å². The predicted molar refractivity (Wildman–Crippen MR) is 64.9 cm³/mol. The molecular formula is C13H27NO. The third-order valence-electron chi connectivity index (χ3n) is 3.55. The molecule has 2 atom stereocenters. The normalized spacial score (nSPS) is 27.0. The molecule has 0 spiro atoms. The largest absolute Gasteiger partial charge is 0.392 e. The summed E-state index contributed by atoms with van der Waals surface area (Å²) < 4.78 is 0. The Morgan fingerprint density at radius 1 is 1.27 bits per heavy atom. The number of piperidine rings is 1. The van der Waals surface area contributed by atoms with E-state index in [2.05, 4.69) is 39.5 Å². The summed E-state index contributed by atoms with van der Waals surface area (Å²) in [5.41, 5.74) is 0.0185. The van der Waals surface area contributed by atoms with Crippen LogP contribution in [0.15, 0.2) is 0 Å². The van der Waals surface area contributed by atoms with Crippen molar-refractivity contribution in [3.63, 3.8) is 0 Å². The van der Waals surface area contributed by atoms with Crippen LogP contribution in [-0.4, -0.2) is 35.2 Å². The summed E-state index contributed by atoms with van der Waals surface area (Å²) >= 11 is 0. The van der Waals surface area contributed by atoms with E-state index in [1.165, 1.54) is 19.4 Å². The molecule has 1 heterocycles. The van der Waals surface area contributed by atoms with Crippen molar-refractivity contribution >= 4 is 0 Å². The highest BCUT2D eigenvalue weighted by atomic mass is 16.3. The smallest absolute Gasteiger partial charge is 0.0628 e. The molecule has 15 heavy (non-hydrogen) atoms. The van der Waals surface area contributed by atoms with E-state index in [4.69, 9.17) is 0 Å². The van der Waals surface area contributed by atoms with E-state index in [0.717, 1.165) is 6.54 Å². The molecule has 0 radical (unpaired) electrons. The van der Waals surface area contributed by atoms with Crippen LogP contribution in [0.4, 0.5) is 0 Å². The Kier molecular flexibility index (Phi) is 4.19. The summed E-state index contributed by atoms with van der Waals surface area (Å²) in [6.45, 7) is 13.1. The van der Waals surface area contributed by atoms with Crippen molar-refractivity contribution < 1.29 is 5.11 Å². The molecule has 0 aromatic rings. The number of rotatable bonds is 2. The zero-order valence-electron chi connectivity index (χ0n) is 11.0. The lowest BCUT2D eigenvalue weighted by molar-refractivity contribution is -0.0232. The standard InChI is InChI=1S/C13H27NO/c1-10(2)14-8-6-7-11(9-14)12(15)13(3,4)5/h10-12,15H,6-9H2,1-5H3. The number of aliphatic hydroxyl groups excluding tert-OH is 1. The molecule has 2 nitrogen and oxygen atoms in total. The lowest BCUT2D eigenvalue weighted by atomic mass is 9.78. The molecule has 0 bridgehead atoms. The van der Waals surface area contributed by atoms with E-state index in [-0.39, 0.29) is 11.5 Å². The van der Waals surface area contributed by atoms with Crippen molar-refractivity contribution in [2.75, 3.05) is 13.1 Å². The number of aliphatic hydroxyl groups is 1. The van der Waals surface area contributed by atoms with Gasteiger partial charge in [0.2, 0.25) is 0 Å². The van der Waals surface area contributed by atoms with E-state index >= 15 is 0 Å². The van der Waals surface area contributed by atoms with Gasteiger partial charge in [-0.1, -0.05) is 20.8 Å². The van der Waals surface area contributed by atoms with Gasteiger partial charge in [-0.3, -0.25) is 0 Å². The van der Waals surface area contributed by atoms with Crippen molar-refractivity contribution in [1.29, 1.82) is 0 Å². The van der Waals surface area contributed by atoms with Gasteiger partial charge in [-0.15, -0.1) is 0 Å². The maximum atomic E-state index is 10.3. The lowest BCUT2D eigenvalue weighted by Gasteiger charge is -2.41. The maximum absolute atomic E-state index is 10.3. The van der Waals surface area contributed by atoms with Crippen LogP contribution in [-0.2, 0) is 0 Å². The molecule has 2 unspecified atom stereocenters. The quantitative estimate of drug-likeness (QED) is 0.762. The first-order valence-corrected chi connectivity index (χ1v) is 6.24. The molecule has 1 saturated heterocycles. The second-order valence-electron chi connectivity index (χ2n) is 6.30. The van der Waals surface area contributed by atoms with Crippen molar-refractivity contribution in [1.82, 2.24) is 4.90 Å².